The Labute approximate surface area is 119 Å². The van der Waals surface area contributed by atoms with Crippen LogP contribution in [0.3, 0.4) is 0 Å². The van der Waals surface area contributed by atoms with E-state index in [0.717, 1.165) is 16.8 Å². The number of rotatable bonds is 4. The molecule has 102 valence electrons. The van der Waals surface area contributed by atoms with Crippen LogP contribution in [0.2, 0.25) is 0 Å². The minimum Gasteiger partial charge on any atom is -0.330 e. The summed E-state index contributed by atoms with van der Waals surface area (Å²) in [6, 6.07) is 18.1. The Morgan fingerprint density at radius 3 is 2.45 bits per heavy atom. The van der Waals surface area contributed by atoms with Gasteiger partial charge in [0.05, 0.1) is 12.5 Å². The molecule has 3 heteroatoms. The Hall–Kier alpha value is -2.13. The summed E-state index contributed by atoms with van der Waals surface area (Å²) in [6.45, 7) is 1.15. The summed E-state index contributed by atoms with van der Waals surface area (Å²) in [5.74, 6) is 0.0837. The van der Waals surface area contributed by atoms with E-state index in [9.17, 15) is 4.79 Å². The lowest BCUT2D eigenvalue weighted by Gasteiger charge is -2.18. The minimum absolute atomic E-state index is 0.0834. The fourth-order valence-corrected chi connectivity index (χ4v) is 2.84. The van der Waals surface area contributed by atoms with E-state index < -0.39 is 0 Å². The number of carbonyl (C=O) groups excluding carboxylic acids is 1. The number of hydrogen-bond acceptors (Lipinski definition) is 2. The van der Waals surface area contributed by atoms with Crippen molar-refractivity contribution in [1.82, 2.24) is 0 Å². The van der Waals surface area contributed by atoms with Crippen LogP contribution in [0.1, 0.15) is 23.5 Å². The van der Waals surface area contributed by atoms with Crippen LogP contribution in [0.4, 0.5) is 5.69 Å². The Balaban J connectivity index is 1.94. The zero-order valence-corrected chi connectivity index (χ0v) is 11.3. The number of amides is 1. The van der Waals surface area contributed by atoms with Crippen LogP contribution in [0.5, 0.6) is 0 Å². The van der Waals surface area contributed by atoms with Crippen molar-refractivity contribution in [2.45, 2.75) is 18.9 Å². The van der Waals surface area contributed by atoms with Crippen LogP contribution in [0.15, 0.2) is 54.6 Å². The van der Waals surface area contributed by atoms with Gasteiger partial charge in [-0.25, -0.2) is 0 Å². The third-order valence-electron chi connectivity index (χ3n) is 3.81. The van der Waals surface area contributed by atoms with Gasteiger partial charge in [-0.05, 0) is 30.2 Å². The van der Waals surface area contributed by atoms with Gasteiger partial charge < -0.3 is 10.6 Å². The van der Waals surface area contributed by atoms with Crippen molar-refractivity contribution in [3.05, 3.63) is 65.7 Å². The molecule has 2 aromatic rings. The molecule has 0 fully saturated rings. The smallest absolute Gasteiger partial charge is 0.234 e. The van der Waals surface area contributed by atoms with Gasteiger partial charge in [-0.2, -0.15) is 0 Å². The first kappa shape index (κ1) is 12.9. The lowest BCUT2D eigenvalue weighted by Crippen LogP contribution is -2.29. The molecule has 1 aliphatic heterocycles. The normalized spacial score (nSPS) is 17.4. The standard InChI is InChI=1S/C17H18N2O/c18-11-10-15-14-8-4-5-9-16(14)19(17(15)20)12-13-6-2-1-3-7-13/h1-9,15H,10-12,18H2/t15-/m1/s1. The van der Waals surface area contributed by atoms with E-state index in [0.29, 0.717) is 19.5 Å². The molecule has 0 radical (unpaired) electrons. The van der Waals surface area contributed by atoms with Gasteiger partial charge in [-0.15, -0.1) is 0 Å². The quantitative estimate of drug-likeness (QED) is 0.924. The van der Waals surface area contributed by atoms with Crippen molar-refractivity contribution in [3.8, 4) is 0 Å². The van der Waals surface area contributed by atoms with Crippen LogP contribution in [0, 0.1) is 0 Å². The minimum atomic E-state index is -0.0834. The van der Waals surface area contributed by atoms with Crippen LogP contribution < -0.4 is 10.6 Å². The highest BCUT2D eigenvalue weighted by Crippen LogP contribution is 2.39. The summed E-state index contributed by atoms with van der Waals surface area (Å²) < 4.78 is 0. The average molecular weight is 266 g/mol. The largest absolute Gasteiger partial charge is 0.330 e. The summed E-state index contributed by atoms with van der Waals surface area (Å²) >= 11 is 0. The maximum Gasteiger partial charge on any atom is 0.234 e. The van der Waals surface area contributed by atoms with Gasteiger partial charge in [0.25, 0.3) is 0 Å². The van der Waals surface area contributed by atoms with Crippen molar-refractivity contribution < 1.29 is 4.79 Å². The molecule has 0 bridgehead atoms. The van der Waals surface area contributed by atoms with Crippen LogP contribution in [-0.2, 0) is 11.3 Å². The van der Waals surface area contributed by atoms with Crippen molar-refractivity contribution in [1.29, 1.82) is 0 Å². The number of nitrogens with zero attached hydrogens (tertiary/aromatic N) is 1. The molecular weight excluding hydrogens is 248 g/mol. The molecule has 0 saturated heterocycles. The lowest BCUT2D eigenvalue weighted by molar-refractivity contribution is -0.119. The first-order valence-corrected chi connectivity index (χ1v) is 6.95. The topological polar surface area (TPSA) is 46.3 Å². The molecule has 0 unspecified atom stereocenters. The molecule has 0 saturated carbocycles. The fraction of sp³-hybridized carbons (Fsp3) is 0.235. The predicted octanol–water partition coefficient (Wildman–Crippen LogP) is 2.67. The maximum absolute atomic E-state index is 12.6. The van der Waals surface area contributed by atoms with Crippen LogP contribution >= 0.6 is 0 Å². The molecule has 0 aliphatic carbocycles. The van der Waals surface area contributed by atoms with Gasteiger partial charge in [0.1, 0.15) is 0 Å². The summed E-state index contributed by atoms with van der Waals surface area (Å²) in [7, 11) is 0. The Morgan fingerprint density at radius 2 is 1.70 bits per heavy atom. The van der Waals surface area contributed by atoms with E-state index in [1.807, 2.05) is 59.5 Å². The van der Waals surface area contributed by atoms with Gasteiger partial charge in [-0.1, -0.05) is 48.5 Å². The first-order valence-electron chi connectivity index (χ1n) is 6.95. The molecule has 2 aromatic carbocycles. The summed E-state index contributed by atoms with van der Waals surface area (Å²) in [4.78, 5) is 14.5. The second-order valence-corrected chi connectivity index (χ2v) is 5.10. The molecule has 1 amide bonds. The van der Waals surface area contributed by atoms with Gasteiger partial charge in [-0.3, -0.25) is 4.79 Å². The summed E-state index contributed by atoms with van der Waals surface area (Å²) in [5, 5.41) is 0. The monoisotopic (exact) mass is 266 g/mol. The molecule has 1 atom stereocenters. The van der Waals surface area contributed by atoms with Gasteiger partial charge in [0.15, 0.2) is 0 Å². The van der Waals surface area contributed by atoms with E-state index in [4.69, 9.17) is 5.73 Å². The number of benzene rings is 2. The lowest BCUT2D eigenvalue weighted by atomic mass is 9.97. The molecule has 20 heavy (non-hydrogen) atoms. The SMILES string of the molecule is NCC[C@H]1C(=O)N(Cc2ccccc2)c2ccccc21. The summed E-state index contributed by atoms with van der Waals surface area (Å²) in [6.07, 6.45) is 0.709. The van der Waals surface area contributed by atoms with E-state index in [-0.39, 0.29) is 11.8 Å². The predicted molar refractivity (Wildman–Crippen MR) is 80.5 cm³/mol. The van der Waals surface area contributed by atoms with Crippen molar-refractivity contribution in [3.63, 3.8) is 0 Å². The van der Waals surface area contributed by atoms with Crippen molar-refractivity contribution >= 4 is 11.6 Å². The number of fused-ring (bicyclic) bond motifs is 1. The van der Waals surface area contributed by atoms with E-state index >= 15 is 0 Å². The van der Waals surface area contributed by atoms with E-state index in [2.05, 4.69) is 0 Å². The molecule has 3 rings (SSSR count). The molecule has 0 aromatic heterocycles. The zero-order valence-electron chi connectivity index (χ0n) is 11.3. The average Bonchev–Trinajstić information content (AvgIpc) is 2.75. The molecule has 1 aliphatic rings. The Kier molecular flexibility index (Phi) is 3.52. The van der Waals surface area contributed by atoms with Crippen LogP contribution in [-0.4, -0.2) is 12.5 Å². The highest BCUT2D eigenvalue weighted by atomic mass is 16.2. The number of para-hydroxylation sites is 1. The first-order chi connectivity index (χ1) is 9.81. The highest BCUT2D eigenvalue weighted by molar-refractivity contribution is 6.04. The van der Waals surface area contributed by atoms with E-state index in [1.165, 1.54) is 0 Å². The Bertz CT molecular complexity index is 609. The second-order valence-electron chi connectivity index (χ2n) is 5.10. The summed E-state index contributed by atoms with van der Waals surface area (Å²) in [5.41, 5.74) is 8.94. The number of hydrogen-bond donors (Lipinski definition) is 1. The molecule has 0 spiro atoms. The van der Waals surface area contributed by atoms with Gasteiger partial charge in [0, 0.05) is 5.69 Å². The van der Waals surface area contributed by atoms with E-state index in [1.54, 1.807) is 0 Å². The van der Waals surface area contributed by atoms with Crippen molar-refractivity contribution in [2.75, 3.05) is 11.4 Å². The van der Waals surface area contributed by atoms with Crippen LogP contribution in [0.25, 0.3) is 0 Å². The molecule has 2 N–H and O–H groups in total. The van der Waals surface area contributed by atoms with Crippen molar-refractivity contribution in [2.24, 2.45) is 5.73 Å². The third-order valence-corrected chi connectivity index (χ3v) is 3.81. The second kappa shape index (κ2) is 5.47. The van der Waals surface area contributed by atoms with Gasteiger partial charge >= 0.3 is 0 Å². The van der Waals surface area contributed by atoms with Gasteiger partial charge in [0.2, 0.25) is 5.91 Å². The Morgan fingerprint density at radius 1 is 1.00 bits per heavy atom. The zero-order chi connectivity index (χ0) is 13.9. The number of carbonyl (C=O) groups is 1. The third kappa shape index (κ3) is 2.21. The fourth-order valence-electron chi connectivity index (χ4n) is 2.84. The molecular formula is C17H18N2O. The maximum atomic E-state index is 12.6. The molecule has 3 nitrogen and oxygen atoms in total. The highest BCUT2D eigenvalue weighted by Gasteiger charge is 2.36. The number of nitrogens with two attached hydrogens (primary N) is 1. The number of anilines is 1. The molecule has 1 heterocycles.